The van der Waals surface area contributed by atoms with Gasteiger partial charge in [0.15, 0.2) is 6.61 Å². The molecule has 1 amide bonds. The number of carbonyl (C=O) groups excluding carboxylic acids is 2. The molecule has 1 aromatic heterocycles. The Kier molecular flexibility index (Phi) is 7.23. The predicted octanol–water partition coefficient (Wildman–Crippen LogP) is 4.86. The first-order valence-electron chi connectivity index (χ1n) is 10.5. The Balaban J connectivity index is 1.64. The maximum Gasteiger partial charge on any atom is 0.342 e. The molecule has 6 nitrogen and oxygen atoms in total. The number of nitrogens with one attached hydrogen (secondary N) is 1. The lowest BCUT2D eigenvalue weighted by atomic mass is 9.97. The smallest absolute Gasteiger partial charge is 0.342 e. The van der Waals surface area contributed by atoms with Gasteiger partial charge >= 0.3 is 5.97 Å². The Morgan fingerprint density at radius 1 is 1.06 bits per heavy atom. The summed E-state index contributed by atoms with van der Waals surface area (Å²) in [6, 6.07) is 17.6. The van der Waals surface area contributed by atoms with Gasteiger partial charge in [-0.05, 0) is 43.4 Å². The number of para-hydroxylation sites is 1. The lowest BCUT2D eigenvalue weighted by Crippen LogP contribution is -2.22. The van der Waals surface area contributed by atoms with Gasteiger partial charge in [-0.25, -0.2) is 4.79 Å². The Morgan fingerprint density at radius 3 is 2.45 bits per heavy atom. The molecule has 0 spiro atoms. The number of hydrogen-bond donors (Lipinski definition) is 1. The fraction of sp³-hybridized carbons (Fsp3) is 0.320. The lowest BCUT2D eigenvalue weighted by Gasteiger charge is -2.15. The summed E-state index contributed by atoms with van der Waals surface area (Å²) in [5, 5.41) is 7.34. The summed E-state index contributed by atoms with van der Waals surface area (Å²) < 4.78 is 7.09. The van der Waals surface area contributed by atoms with Crippen LogP contribution in [-0.2, 0) is 16.1 Å². The molecule has 1 atom stereocenters. The van der Waals surface area contributed by atoms with E-state index in [-0.39, 0.29) is 12.5 Å². The third kappa shape index (κ3) is 5.40. The van der Waals surface area contributed by atoms with Crippen LogP contribution in [0.1, 0.15) is 59.1 Å². The largest absolute Gasteiger partial charge is 0.452 e. The van der Waals surface area contributed by atoms with Crippen LogP contribution in [0.15, 0.2) is 54.6 Å². The highest BCUT2D eigenvalue weighted by Crippen LogP contribution is 2.26. The molecule has 0 saturated heterocycles. The van der Waals surface area contributed by atoms with E-state index < -0.39 is 5.97 Å². The average Bonchev–Trinajstić information content (AvgIpc) is 3.05. The SMILES string of the molecule is CC[C@@H](C)c1ccccc1NC(=O)COC(=O)c1c(C)nn(Cc2ccccc2)c1C. The van der Waals surface area contributed by atoms with Gasteiger partial charge in [-0.3, -0.25) is 9.48 Å². The molecule has 0 fully saturated rings. The molecular formula is C25H29N3O3. The van der Waals surface area contributed by atoms with Crippen molar-refractivity contribution in [1.82, 2.24) is 9.78 Å². The fourth-order valence-corrected chi connectivity index (χ4v) is 3.55. The molecule has 0 aliphatic carbocycles. The molecule has 0 bridgehead atoms. The third-order valence-corrected chi connectivity index (χ3v) is 5.47. The van der Waals surface area contributed by atoms with Gasteiger partial charge in [0.25, 0.3) is 5.91 Å². The van der Waals surface area contributed by atoms with Crippen molar-refractivity contribution in [2.24, 2.45) is 0 Å². The zero-order chi connectivity index (χ0) is 22.4. The maximum absolute atomic E-state index is 12.7. The summed E-state index contributed by atoms with van der Waals surface area (Å²) in [6.45, 7) is 8.04. The number of ether oxygens (including phenoxy) is 1. The van der Waals surface area contributed by atoms with Crippen LogP contribution >= 0.6 is 0 Å². The summed E-state index contributed by atoms with van der Waals surface area (Å²) in [4.78, 5) is 25.1. The van der Waals surface area contributed by atoms with E-state index >= 15 is 0 Å². The number of aromatic nitrogens is 2. The molecule has 0 aliphatic rings. The van der Waals surface area contributed by atoms with Crippen molar-refractivity contribution < 1.29 is 14.3 Å². The molecule has 1 N–H and O–H groups in total. The van der Waals surface area contributed by atoms with Gasteiger partial charge in [-0.15, -0.1) is 0 Å². The van der Waals surface area contributed by atoms with E-state index in [0.29, 0.717) is 29.4 Å². The summed E-state index contributed by atoms with van der Waals surface area (Å²) in [5.74, 6) is -0.587. The normalized spacial score (nSPS) is 11.7. The van der Waals surface area contributed by atoms with Gasteiger partial charge in [0, 0.05) is 5.69 Å². The third-order valence-electron chi connectivity index (χ3n) is 5.47. The van der Waals surface area contributed by atoms with Gasteiger partial charge in [-0.1, -0.05) is 62.4 Å². The topological polar surface area (TPSA) is 73.2 Å². The zero-order valence-corrected chi connectivity index (χ0v) is 18.5. The standard InChI is InChI=1S/C25H29N3O3/c1-5-17(2)21-13-9-10-14-22(21)26-23(29)16-31-25(30)24-18(3)27-28(19(24)4)15-20-11-7-6-8-12-20/h6-14,17H,5,15-16H2,1-4H3,(H,26,29)/t17-/m1/s1. The zero-order valence-electron chi connectivity index (χ0n) is 18.5. The Hall–Kier alpha value is -3.41. The number of carbonyl (C=O) groups is 2. The monoisotopic (exact) mass is 419 g/mol. The minimum atomic E-state index is -0.542. The van der Waals surface area contributed by atoms with Crippen LogP contribution < -0.4 is 5.32 Å². The Labute approximate surface area is 183 Å². The first-order valence-corrected chi connectivity index (χ1v) is 10.5. The van der Waals surface area contributed by atoms with Gasteiger partial charge in [0.2, 0.25) is 0 Å². The van der Waals surface area contributed by atoms with Gasteiger partial charge in [0.1, 0.15) is 5.56 Å². The molecule has 0 saturated carbocycles. The molecular weight excluding hydrogens is 390 g/mol. The molecule has 3 aromatic rings. The van der Waals surface area contributed by atoms with E-state index in [4.69, 9.17) is 4.74 Å². The van der Waals surface area contributed by atoms with Crippen molar-refractivity contribution in [1.29, 1.82) is 0 Å². The van der Waals surface area contributed by atoms with Crippen molar-refractivity contribution in [3.05, 3.63) is 82.7 Å². The van der Waals surface area contributed by atoms with E-state index in [2.05, 4.69) is 24.3 Å². The molecule has 1 heterocycles. The van der Waals surface area contributed by atoms with Crippen LogP contribution in [0.25, 0.3) is 0 Å². The first-order chi connectivity index (χ1) is 14.9. The van der Waals surface area contributed by atoms with Crippen LogP contribution in [0.3, 0.4) is 0 Å². The number of hydrogen-bond acceptors (Lipinski definition) is 4. The van der Waals surface area contributed by atoms with Crippen molar-refractivity contribution >= 4 is 17.6 Å². The highest BCUT2D eigenvalue weighted by atomic mass is 16.5. The summed E-state index contributed by atoms with van der Waals surface area (Å²) in [6.07, 6.45) is 0.966. The summed E-state index contributed by atoms with van der Waals surface area (Å²) >= 11 is 0. The van der Waals surface area contributed by atoms with E-state index in [1.54, 1.807) is 11.6 Å². The lowest BCUT2D eigenvalue weighted by molar-refractivity contribution is -0.119. The molecule has 0 aliphatic heterocycles. The second-order valence-electron chi connectivity index (χ2n) is 7.71. The van der Waals surface area contributed by atoms with Gasteiger partial charge < -0.3 is 10.1 Å². The molecule has 3 rings (SSSR count). The molecule has 162 valence electrons. The quantitative estimate of drug-likeness (QED) is 0.529. The van der Waals surface area contributed by atoms with Crippen LogP contribution in [0.5, 0.6) is 0 Å². The second kappa shape index (κ2) is 10.1. The van der Waals surface area contributed by atoms with Crippen molar-refractivity contribution in [3.8, 4) is 0 Å². The Bertz CT molecular complexity index is 1060. The summed E-state index contributed by atoms with van der Waals surface area (Å²) in [5.41, 5.74) is 4.62. The van der Waals surface area contributed by atoms with E-state index in [9.17, 15) is 9.59 Å². The number of amides is 1. The van der Waals surface area contributed by atoms with Crippen LogP contribution in [0.4, 0.5) is 5.69 Å². The maximum atomic E-state index is 12.7. The number of anilines is 1. The number of benzene rings is 2. The van der Waals surface area contributed by atoms with Crippen molar-refractivity contribution in [2.45, 2.75) is 46.6 Å². The average molecular weight is 420 g/mol. The number of esters is 1. The summed E-state index contributed by atoms with van der Waals surface area (Å²) in [7, 11) is 0. The van der Waals surface area contributed by atoms with Crippen LogP contribution in [0.2, 0.25) is 0 Å². The van der Waals surface area contributed by atoms with E-state index in [0.717, 1.165) is 23.2 Å². The molecule has 6 heteroatoms. The van der Waals surface area contributed by atoms with Crippen molar-refractivity contribution in [3.63, 3.8) is 0 Å². The predicted molar refractivity (Wildman–Crippen MR) is 121 cm³/mol. The van der Waals surface area contributed by atoms with Gasteiger partial charge in [-0.2, -0.15) is 5.10 Å². The fourth-order valence-electron chi connectivity index (χ4n) is 3.55. The highest BCUT2D eigenvalue weighted by molar-refractivity contribution is 5.96. The van der Waals surface area contributed by atoms with E-state index in [1.807, 2.05) is 61.5 Å². The number of rotatable bonds is 8. The van der Waals surface area contributed by atoms with E-state index in [1.165, 1.54) is 0 Å². The first kappa shape index (κ1) is 22.3. The highest BCUT2D eigenvalue weighted by Gasteiger charge is 2.21. The number of nitrogens with zero attached hydrogens (tertiary/aromatic N) is 2. The molecule has 0 radical (unpaired) electrons. The minimum Gasteiger partial charge on any atom is -0.452 e. The minimum absolute atomic E-state index is 0.319. The molecule has 2 aromatic carbocycles. The Morgan fingerprint density at radius 2 is 1.74 bits per heavy atom. The second-order valence-corrected chi connectivity index (χ2v) is 7.71. The molecule has 0 unspecified atom stereocenters. The van der Waals surface area contributed by atoms with Gasteiger partial charge in [0.05, 0.1) is 17.9 Å². The van der Waals surface area contributed by atoms with Crippen molar-refractivity contribution in [2.75, 3.05) is 11.9 Å². The number of aryl methyl sites for hydroxylation is 1. The van der Waals surface area contributed by atoms with Crippen LogP contribution in [-0.4, -0.2) is 28.3 Å². The van der Waals surface area contributed by atoms with Crippen LogP contribution in [0, 0.1) is 13.8 Å². The molecule has 31 heavy (non-hydrogen) atoms.